The van der Waals surface area contributed by atoms with Crippen LogP contribution >= 0.6 is 18.2 Å². The summed E-state index contributed by atoms with van der Waals surface area (Å²) in [6.45, 7) is -4.78. The maximum Gasteiger partial charge on any atom is 0.445 e. The lowest BCUT2D eigenvalue weighted by molar-refractivity contribution is 0.378. The molecule has 0 aromatic carbocycles. The first kappa shape index (κ1) is 9.32. The molecular formula is HClFO5PS. The Morgan fingerprint density at radius 2 is 2.00 bits per heavy atom. The Bertz CT molecular complexity index is 223. The topological polar surface area (TPSA) is 80.7 Å². The van der Waals surface area contributed by atoms with Gasteiger partial charge in [-0.2, -0.15) is 8.42 Å². The van der Waals surface area contributed by atoms with E-state index < -0.39 is 17.5 Å². The molecule has 0 rings (SSSR count). The minimum absolute atomic E-state index is 2.81. The van der Waals surface area contributed by atoms with Crippen LogP contribution in [0.4, 0.5) is 3.89 Å². The smallest absolute Gasteiger partial charge is 0.312 e. The number of hydrogen-bond acceptors (Lipinski definition) is 4. The average molecular weight is 198 g/mol. The van der Waals surface area contributed by atoms with Gasteiger partial charge >= 0.3 is 17.5 Å². The molecule has 0 fully saturated rings. The Morgan fingerprint density at radius 3 is 2.00 bits per heavy atom. The predicted octanol–water partition coefficient (Wildman–Crippen LogP) is 0.556. The van der Waals surface area contributed by atoms with Crippen LogP contribution in [0.5, 0.6) is 0 Å². The van der Waals surface area contributed by atoms with Gasteiger partial charge in [0.1, 0.15) is 0 Å². The molecule has 56 valence electrons. The monoisotopic (exact) mass is 198 g/mol. The van der Waals surface area contributed by atoms with Gasteiger partial charge in [-0.3, -0.25) is 0 Å². The molecule has 0 bridgehead atoms. The summed E-state index contributed by atoms with van der Waals surface area (Å²) in [7, 11) is -5.43. The number of rotatable bonds is 2. The summed E-state index contributed by atoms with van der Waals surface area (Å²) >= 11 is 4.29. The normalized spacial score (nSPS) is 19.0. The quantitative estimate of drug-likeness (QED) is 0.518. The second-order valence-corrected chi connectivity index (χ2v) is 4.49. The van der Waals surface area contributed by atoms with Crippen LogP contribution in [0.2, 0.25) is 0 Å². The Balaban J connectivity index is 4.26. The molecule has 1 unspecified atom stereocenters. The summed E-state index contributed by atoms with van der Waals surface area (Å²) in [5, 5.41) is 0. The first-order chi connectivity index (χ1) is 3.71. The van der Waals surface area contributed by atoms with E-state index in [-0.39, 0.29) is 0 Å². The van der Waals surface area contributed by atoms with Crippen LogP contribution in [0.15, 0.2) is 0 Å². The van der Waals surface area contributed by atoms with Crippen molar-refractivity contribution >= 4 is 28.7 Å². The van der Waals surface area contributed by atoms with E-state index in [4.69, 9.17) is 4.89 Å². The maximum atomic E-state index is 11.2. The summed E-state index contributed by atoms with van der Waals surface area (Å²) in [5.41, 5.74) is 0. The molecule has 1 atom stereocenters. The Labute approximate surface area is 55.1 Å². The lowest BCUT2D eigenvalue weighted by Gasteiger charge is -1.95. The highest BCUT2D eigenvalue weighted by molar-refractivity contribution is 7.93. The molecule has 0 saturated carbocycles. The largest absolute Gasteiger partial charge is 0.445 e. The summed E-state index contributed by atoms with van der Waals surface area (Å²) in [6, 6.07) is 0. The zero-order chi connectivity index (χ0) is 7.71. The lowest BCUT2D eigenvalue weighted by Crippen LogP contribution is -1.91. The average Bonchev–Trinajstić information content (AvgIpc) is 1.14. The van der Waals surface area contributed by atoms with Crippen molar-refractivity contribution in [2.75, 3.05) is 0 Å². The molecule has 9 heteroatoms. The highest BCUT2D eigenvalue weighted by Crippen LogP contribution is 2.49. The minimum atomic E-state index is -5.43. The van der Waals surface area contributed by atoms with Gasteiger partial charge in [-0.25, -0.2) is 4.57 Å². The molecular weight excluding hydrogens is 197 g/mol. The van der Waals surface area contributed by atoms with Crippen molar-refractivity contribution in [3.63, 3.8) is 0 Å². The highest BCUT2D eigenvalue weighted by atomic mass is 35.7. The summed E-state index contributed by atoms with van der Waals surface area (Å²) in [4.78, 5) is 7.83. The molecule has 0 aromatic rings. The summed E-state index contributed by atoms with van der Waals surface area (Å²) in [5.74, 6) is 0. The van der Waals surface area contributed by atoms with Crippen molar-refractivity contribution in [3.8, 4) is 0 Å². The third-order valence-corrected chi connectivity index (χ3v) is 2.14. The van der Waals surface area contributed by atoms with Crippen molar-refractivity contribution in [3.05, 3.63) is 0 Å². The van der Waals surface area contributed by atoms with Crippen LogP contribution in [0.1, 0.15) is 0 Å². The molecule has 0 aliphatic heterocycles. The van der Waals surface area contributed by atoms with Gasteiger partial charge in [-0.05, 0) is 0 Å². The zero-order valence-corrected chi connectivity index (χ0v) is 6.16. The van der Waals surface area contributed by atoms with Gasteiger partial charge in [0.05, 0.1) is 0 Å². The molecule has 5 nitrogen and oxygen atoms in total. The van der Waals surface area contributed by atoms with Crippen molar-refractivity contribution < 1.29 is 25.7 Å². The molecule has 0 aliphatic rings. The second kappa shape index (κ2) is 2.51. The lowest BCUT2D eigenvalue weighted by atomic mass is 15.8. The van der Waals surface area contributed by atoms with E-state index >= 15 is 0 Å². The summed E-state index contributed by atoms with van der Waals surface area (Å²) in [6.07, 6.45) is 0. The molecule has 0 aromatic heterocycles. The molecule has 0 saturated heterocycles. The van der Waals surface area contributed by atoms with E-state index in [1.54, 1.807) is 0 Å². The molecule has 0 aliphatic carbocycles. The van der Waals surface area contributed by atoms with Crippen molar-refractivity contribution in [1.29, 1.82) is 0 Å². The molecule has 1 N–H and O–H groups in total. The van der Waals surface area contributed by atoms with Crippen LogP contribution in [0, 0.1) is 0 Å². The van der Waals surface area contributed by atoms with Crippen molar-refractivity contribution in [1.82, 2.24) is 0 Å². The van der Waals surface area contributed by atoms with Gasteiger partial charge in [0.15, 0.2) is 0 Å². The fourth-order valence-electron chi connectivity index (χ4n) is 0.110. The maximum absolute atomic E-state index is 11.2. The van der Waals surface area contributed by atoms with Crippen molar-refractivity contribution in [2.45, 2.75) is 0 Å². The van der Waals surface area contributed by atoms with E-state index in [2.05, 4.69) is 15.2 Å². The third kappa shape index (κ3) is 8.32. The van der Waals surface area contributed by atoms with Crippen LogP contribution in [-0.4, -0.2) is 13.3 Å². The first-order valence-electron chi connectivity index (χ1n) is 1.39. The fraction of sp³-hybridized carbons (Fsp3) is 0. The molecule has 0 spiro atoms. The highest BCUT2D eigenvalue weighted by Gasteiger charge is 2.24. The molecule has 9 heavy (non-hydrogen) atoms. The molecule has 0 radical (unpaired) electrons. The van der Waals surface area contributed by atoms with Crippen molar-refractivity contribution in [2.24, 2.45) is 0 Å². The Hall–Kier alpha value is 0.320. The number of halogens is 2. The Morgan fingerprint density at radius 1 is 1.67 bits per heavy atom. The van der Waals surface area contributed by atoms with E-state index in [9.17, 15) is 16.9 Å². The number of hydrogen-bond donors (Lipinski definition) is 1. The van der Waals surface area contributed by atoms with Crippen LogP contribution < -0.4 is 0 Å². The molecule has 0 heterocycles. The molecule has 0 amide bonds. The van der Waals surface area contributed by atoms with Gasteiger partial charge < -0.3 is 4.89 Å². The predicted molar refractivity (Wildman–Crippen MR) is 26.8 cm³/mol. The van der Waals surface area contributed by atoms with Crippen LogP contribution in [0.25, 0.3) is 0 Å². The van der Waals surface area contributed by atoms with Gasteiger partial charge in [-0.15, -0.1) is 3.97 Å². The third-order valence-electron chi connectivity index (χ3n) is 0.181. The van der Waals surface area contributed by atoms with Gasteiger partial charge in [-0.1, -0.05) is 3.89 Å². The van der Waals surface area contributed by atoms with E-state index in [1.165, 1.54) is 0 Å². The van der Waals surface area contributed by atoms with Gasteiger partial charge in [0.2, 0.25) is 0 Å². The minimum Gasteiger partial charge on any atom is -0.312 e. The first-order valence-corrected chi connectivity index (χ1v) is 5.18. The van der Waals surface area contributed by atoms with E-state index in [0.717, 1.165) is 0 Å². The fourth-order valence-corrected chi connectivity index (χ4v) is 1.59. The van der Waals surface area contributed by atoms with Gasteiger partial charge in [0, 0.05) is 11.2 Å². The second-order valence-electron chi connectivity index (χ2n) is 0.919. The van der Waals surface area contributed by atoms with Gasteiger partial charge in [0.25, 0.3) is 0 Å². The zero-order valence-electron chi connectivity index (χ0n) is 3.69. The Kier molecular flexibility index (Phi) is 2.60. The van der Waals surface area contributed by atoms with Crippen LogP contribution in [0.3, 0.4) is 0 Å². The van der Waals surface area contributed by atoms with E-state index in [1.807, 2.05) is 0 Å². The van der Waals surface area contributed by atoms with E-state index in [0.29, 0.717) is 0 Å². The SMILES string of the molecule is O=P(O)(Cl)OS(=O)(=O)F. The van der Waals surface area contributed by atoms with Crippen LogP contribution in [-0.2, 0) is 19.0 Å². The standard InChI is InChI=1S/ClFHO5PS/c1-8(3,4)7-9(2,5)6/h(H,3,4). The summed E-state index contributed by atoms with van der Waals surface area (Å²) < 4.78 is 42.4.